The molecule has 5 heteroatoms. The van der Waals surface area contributed by atoms with Crippen LogP contribution < -0.4 is 10.1 Å². The molecule has 3 rings (SSSR count). The van der Waals surface area contributed by atoms with Gasteiger partial charge in [0.25, 0.3) is 0 Å². The lowest BCUT2D eigenvalue weighted by Gasteiger charge is -2.25. The third-order valence-electron chi connectivity index (χ3n) is 5.16. The number of nitrogens with one attached hydrogen (secondary N) is 1. The predicted molar refractivity (Wildman–Crippen MR) is 119 cm³/mol. The Balaban J connectivity index is 1.60. The number of benzene rings is 2. The third kappa shape index (κ3) is 5.88. The molecule has 0 radical (unpaired) electrons. The number of hydrogen-bond donors (Lipinski definition) is 1. The average molecular weight is 408 g/mol. The summed E-state index contributed by atoms with van der Waals surface area (Å²) in [5.74, 6) is 0.711. The zero-order valence-electron chi connectivity index (χ0n) is 18.2. The number of nitrogens with zero attached hydrogens (tertiary/aromatic N) is 2. The summed E-state index contributed by atoms with van der Waals surface area (Å²) in [4.78, 5) is 6.46. The summed E-state index contributed by atoms with van der Waals surface area (Å²) in [6.07, 6.45) is 1.78. The topological polar surface area (TPSA) is 37.4 Å². The van der Waals surface area contributed by atoms with Crippen LogP contribution in [-0.4, -0.2) is 30.5 Å². The van der Waals surface area contributed by atoms with Crippen LogP contribution in [-0.2, 0) is 13.2 Å². The maximum atomic E-state index is 13.2. The number of aromatic nitrogens is 1. The number of halogens is 1. The van der Waals surface area contributed by atoms with Crippen LogP contribution in [0.3, 0.4) is 0 Å². The fourth-order valence-corrected chi connectivity index (χ4v) is 3.64. The largest absolute Gasteiger partial charge is 0.487 e. The zero-order chi connectivity index (χ0) is 21.5. The van der Waals surface area contributed by atoms with Crippen molar-refractivity contribution in [3.8, 4) is 5.75 Å². The van der Waals surface area contributed by atoms with Crippen molar-refractivity contribution in [3.05, 3.63) is 94.6 Å². The summed E-state index contributed by atoms with van der Waals surface area (Å²) in [5, 5.41) is 3.54. The maximum absolute atomic E-state index is 13.2. The van der Waals surface area contributed by atoms with E-state index in [1.54, 1.807) is 6.20 Å². The van der Waals surface area contributed by atoms with Gasteiger partial charge in [-0.15, -0.1) is 0 Å². The molecule has 1 atom stereocenters. The summed E-state index contributed by atoms with van der Waals surface area (Å²) in [7, 11) is 4.08. The minimum absolute atomic E-state index is 0.175. The highest BCUT2D eigenvalue weighted by Gasteiger charge is 2.14. The second-order valence-corrected chi connectivity index (χ2v) is 7.83. The van der Waals surface area contributed by atoms with Gasteiger partial charge in [0.2, 0.25) is 0 Å². The Kier molecular flexibility index (Phi) is 7.55. The molecular weight excluding hydrogens is 377 g/mol. The van der Waals surface area contributed by atoms with Crippen LogP contribution >= 0.6 is 0 Å². The van der Waals surface area contributed by atoms with E-state index in [9.17, 15) is 4.39 Å². The van der Waals surface area contributed by atoms with Crippen molar-refractivity contribution < 1.29 is 9.13 Å². The molecule has 0 spiro atoms. The normalized spacial score (nSPS) is 12.2. The van der Waals surface area contributed by atoms with Crippen molar-refractivity contribution in [1.82, 2.24) is 15.2 Å². The third-order valence-corrected chi connectivity index (χ3v) is 5.16. The van der Waals surface area contributed by atoms with Crippen molar-refractivity contribution in [1.29, 1.82) is 0 Å². The van der Waals surface area contributed by atoms with Gasteiger partial charge in [-0.3, -0.25) is 4.98 Å². The second kappa shape index (κ2) is 10.3. The van der Waals surface area contributed by atoms with Gasteiger partial charge in [-0.05, 0) is 74.5 Å². The summed E-state index contributed by atoms with van der Waals surface area (Å²) in [5.41, 5.74) is 5.46. The molecule has 1 heterocycles. The lowest BCUT2D eigenvalue weighted by Crippen LogP contribution is -2.30. The number of pyridine rings is 1. The molecule has 0 fully saturated rings. The van der Waals surface area contributed by atoms with Gasteiger partial charge in [-0.25, -0.2) is 4.39 Å². The maximum Gasteiger partial charge on any atom is 0.130 e. The van der Waals surface area contributed by atoms with Crippen LogP contribution in [0, 0.1) is 19.7 Å². The Hall–Kier alpha value is -2.76. The van der Waals surface area contributed by atoms with E-state index in [0.717, 1.165) is 41.2 Å². The molecule has 0 saturated carbocycles. The Morgan fingerprint density at radius 3 is 2.33 bits per heavy atom. The predicted octanol–water partition coefficient (Wildman–Crippen LogP) is 4.81. The van der Waals surface area contributed by atoms with Crippen LogP contribution in [0.15, 0.2) is 60.8 Å². The van der Waals surface area contributed by atoms with Crippen LogP contribution in [0.2, 0.25) is 0 Å². The number of aryl methyl sites for hydroxylation is 2. The van der Waals surface area contributed by atoms with E-state index in [4.69, 9.17) is 4.74 Å². The Labute approximate surface area is 178 Å². The first-order chi connectivity index (χ1) is 14.4. The van der Waals surface area contributed by atoms with Gasteiger partial charge in [0.15, 0.2) is 0 Å². The van der Waals surface area contributed by atoms with Gasteiger partial charge < -0.3 is 15.0 Å². The first-order valence-electron chi connectivity index (χ1n) is 10.2. The van der Waals surface area contributed by atoms with Crippen LogP contribution in [0.4, 0.5) is 4.39 Å². The van der Waals surface area contributed by atoms with Gasteiger partial charge in [0.05, 0.1) is 5.69 Å². The van der Waals surface area contributed by atoms with E-state index in [1.165, 1.54) is 17.7 Å². The highest BCUT2D eigenvalue weighted by atomic mass is 19.1. The van der Waals surface area contributed by atoms with Gasteiger partial charge >= 0.3 is 0 Å². The Bertz CT molecular complexity index is 919. The number of likely N-dealkylation sites (N-methyl/N-ethyl adjacent to an activating group) is 1. The number of hydrogen-bond acceptors (Lipinski definition) is 4. The molecule has 0 bridgehead atoms. The molecule has 30 heavy (non-hydrogen) atoms. The number of rotatable bonds is 9. The zero-order valence-corrected chi connectivity index (χ0v) is 18.2. The smallest absolute Gasteiger partial charge is 0.130 e. The lowest BCUT2D eigenvalue weighted by molar-refractivity contribution is 0.288. The van der Waals surface area contributed by atoms with Gasteiger partial charge in [0.1, 0.15) is 18.2 Å². The first-order valence-corrected chi connectivity index (χ1v) is 10.2. The SMILES string of the molecule is Cc1cc(CNCC(c2ccc(F)cc2)N(C)C)cc(C)c1OCc1ccccn1. The molecule has 0 aliphatic rings. The Morgan fingerprint density at radius 1 is 1.03 bits per heavy atom. The molecule has 158 valence electrons. The molecule has 1 aromatic heterocycles. The van der Waals surface area contributed by atoms with Crippen LogP contribution in [0.25, 0.3) is 0 Å². The fraction of sp³-hybridized carbons (Fsp3) is 0.320. The van der Waals surface area contributed by atoms with Crippen LogP contribution in [0.1, 0.15) is 34.0 Å². The average Bonchev–Trinajstić information content (AvgIpc) is 2.72. The second-order valence-electron chi connectivity index (χ2n) is 7.83. The number of ether oxygens (including phenoxy) is 1. The van der Waals surface area contributed by atoms with Crippen molar-refractivity contribution in [2.24, 2.45) is 0 Å². The molecule has 0 saturated heterocycles. The Morgan fingerprint density at radius 2 is 1.73 bits per heavy atom. The summed E-state index contributed by atoms with van der Waals surface area (Å²) >= 11 is 0. The highest BCUT2D eigenvalue weighted by molar-refractivity contribution is 5.43. The summed E-state index contributed by atoms with van der Waals surface area (Å²) in [6, 6.07) is 17.1. The van der Waals surface area contributed by atoms with E-state index >= 15 is 0 Å². The standard InChI is InChI=1S/C25H30FN3O/c1-18-13-20(14-19(2)25(18)30-17-23-7-5-6-12-28-23)15-27-16-24(29(3)4)21-8-10-22(26)11-9-21/h5-14,24,27H,15-17H2,1-4H3. The minimum Gasteiger partial charge on any atom is -0.487 e. The van der Waals surface area contributed by atoms with Gasteiger partial charge in [-0.2, -0.15) is 0 Å². The highest BCUT2D eigenvalue weighted by Crippen LogP contribution is 2.26. The summed E-state index contributed by atoms with van der Waals surface area (Å²) in [6.45, 7) is 6.14. The molecular formula is C25H30FN3O. The molecule has 0 aliphatic heterocycles. The minimum atomic E-state index is -0.208. The van der Waals surface area contributed by atoms with E-state index < -0.39 is 0 Å². The molecule has 0 amide bonds. The molecule has 0 aliphatic carbocycles. The van der Waals surface area contributed by atoms with Crippen LogP contribution in [0.5, 0.6) is 5.75 Å². The molecule has 1 N–H and O–H groups in total. The van der Waals surface area contributed by atoms with Crippen molar-refractivity contribution in [2.45, 2.75) is 33.0 Å². The first kappa shape index (κ1) is 21.9. The van der Waals surface area contributed by atoms with Crippen molar-refractivity contribution in [3.63, 3.8) is 0 Å². The molecule has 4 nitrogen and oxygen atoms in total. The van der Waals surface area contributed by atoms with Crippen molar-refractivity contribution >= 4 is 0 Å². The monoisotopic (exact) mass is 407 g/mol. The molecule has 2 aromatic carbocycles. The molecule has 3 aromatic rings. The summed E-state index contributed by atoms with van der Waals surface area (Å²) < 4.78 is 19.3. The lowest BCUT2D eigenvalue weighted by atomic mass is 10.0. The van der Waals surface area contributed by atoms with E-state index in [2.05, 4.69) is 41.2 Å². The quantitative estimate of drug-likeness (QED) is 0.552. The molecule has 1 unspecified atom stereocenters. The fourth-order valence-electron chi connectivity index (χ4n) is 3.64. The van der Waals surface area contributed by atoms with Crippen molar-refractivity contribution in [2.75, 3.05) is 20.6 Å². The van der Waals surface area contributed by atoms with E-state index in [0.29, 0.717) is 6.61 Å². The van der Waals surface area contributed by atoms with Gasteiger partial charge in [-0.1, -0.05) is 30.3 Å². The van der Waals surface area contributed by atoms with E-state index in [1.807, 2.05) is 44.4 Å². The van der Waals surface area contributed by atoms with E-state index in [-0.39, 0.29) is 11.9 Å². The van der Waals surface area contributed by atoms with Gasteiger partial charge in [0, 0.05) is 25.3 Å².